The first-order valence-corrected chi connectivity index (χ1v) is 13.7. The number of hydrogen-bond acceptors (Lipinski definition) is 8. The van der Waals surface area contributed by atoms with Gasteiger partial charge in [-0.05, 0) is 48.4 Å². The predicted octanol–water partition coefficient (Wildman–Crippen LogP) is 3.08. The molecule has 5 heterocycles. The Morgan fingerprint density at radius 2 is 1.76 bits per heavy atom. The van der Waals surface area contributed by atoms with Crippen LogP contribution in [0.15, 0.2) is 67.6 Å². The Bertz CT molecular complexity index is 1630. The maximum absolute atomic E-state index is 12.8. The Kier molecular flexibility index (Phi) is 7.60. The third kappa shape index (κ3) is 5.70. The number of amides is 3. The van der Waals surface area contributed by atoms with E-state index in [9.17, 15) is 14.4 Å². The van der Waals surface area contributed by atoms with E-state index in [0.29, 0.717) is 44.1 Å². The fourth-order valence-electron chi connectivity index (χ4n) is 5.19. The minimum absolute atomic E-state index is 0.178. The van der Waals surface area contributed by atoms with E-state index in [-0.39, 0.29) is 29.3 Å². The highest BCUT2D eigenvalue weighted by Gasteiger charge is 2.30. The van der Waals surface area contributed by atoms with Gasteiger partial charge in [0.05, 0.1) is 36.4 Å². The van der Waals surface area contributed by atoms with Gasteiger partial charge in [-0.3, -0.25) is 14.4 Å². The van der Waals surface area contributed by atoms with Gasteiger partial charge in [0.25, 0.3) is 5.91 Å². The molecule has 2 aliphatic rings. The molecule has 0 radical (unpaired) electrons. The van der Waals surface area contributed by atoms with Gasteiger partial charge in [-0.1, -0.05) is 18.7 Å². The monoisotopic (exact) mass is 566 g/mol. The summed E-state index contributed by atoms with van der Waals surface area (Å²) in [4.78, 5) is 57.5. The van der Waals surface area contributed by atoms with Crippen LogP contribution in [0.4, 0.5) is 17.2 Å². The van der Waals surface area contributed by atoms with Gasteiger partial charge in [-0.15, -0.1) is 0 Å². The summed E-state index contributed by atoms with van der Waals surface area (Å²) in [5.41, 5.74) is 3.91. The predicted molar refractivity (Wildman–Crippen MR) is 158 cm³/mol. The number of rotatable bonds is 7. The second kappa shape index (κ2) is 11.8. The molecular weight excluding hydrogens is 536 g/mol. The van der Waals surface area contributed by atoms with Crippen molar-refractivity contribution in [2.24, 2.45) is 5.92 Å². The maximum atomic E-state index is 12.8. The van der Waals surface area contributed by atoms with Gasteiger partial charge < -0.3 is 30.2 Å². The lowest BCUT2D eigenvalue weighted by atomic mass is 10.1. The molecule has 3 amide bonds. The van der Waals surface area contributed by atoms with E-state index in [1.165, 1.54) is 12.3 Å². The van der Waals surface area contributed by atoms with Crippen molar-refractivity contribution >= 4 is 45.9 Å². The molecule has 6 rings (SSSR count). The average Bonchev–Trinajstić information content (AvgIpc) is 3.70. The number of ether oxygens (including phenoxy) is 1. The zero-order valence-corrected chi connectivity index (χ0v) is 22.9. The number of nitrogens with zero attached hydrogens (tertiary/aromatic N) is 5. The van der Waals surface area contributed by atoms with Crippen LogP contribution >= 0.6 is 0 Å². The first-order chi connectivity index (χ1) is 20.5. The van der Waals surface area contributed by atoms with Crippen LogP contribution < -0.4 is 15.5 Å². The van der Waals surface area contributed by atoms with Crippen LogP contribution in [0.5, 0.6) is 0 Å². The van der Waals surface area contributed by atoms with Crippen LogP contribution in [0.25, 0.3) is 22.3 Å². The SMILES string of the molecule is C=CC(=O)N1CC[C@H](C(=O)Nc2ccc(C(=O)Nc3ccc(-c4cc5c(N6CCOCC6)ncnc5[nH]4)cc3)nc2)C1. The van der Waals surface area contributed by atoms with Gasteiger partial charge >= 0.3 is 0 Å². The average molecular weight is 567 g/mol. The number of carbonyl (C=O) groups excluding carboxylic acids is 3. The smallest absolute Gasteiger partial charge is 0.274 e. The molecule has 2 saturated heterocycles. The Hall–Kier alpha value is -5.10. The molecule has 0 unspecified atom stereocenters. The topological polar surface area (TPSA) is 145 Å². The fourth-order valence-corrected chi connectivity index (χ4v) is 5.19. The number of pyridine rings is 1. The number of anilines is 3. The molecule has 2 fully saturated rings. The number of hydrogen-bond donors (Lipinski definition) is 3. The van der Waals surface area contributed by atoms with Gasteiger partial charge in [0.2, 0.25) is 11.8 Å². The van der Waals surface area contributed by atoms with Gasteiger partial charge in [0, 0.05) is 37.6 Å². The summed E-state index contributed by atoms with van der Waals surface area (Å²) in [5, 5.41) is 6.62. The Balaban J connectivity index is 1.07. The summed E-state index contributed by atoms with van der Waals surface area (Å²) >= 11 is 0. The molecule has 214 valence electrons. The van der Waals surface area contributed by atoms with E-state index in [0.717, 1.165) is 41.2 Å². The maximum Gasteiger partial charge on any atom is 0.274 e. The van der Waals surface area contributed by atoms with Gasteiger partial charge in [0.1, 0.15) is 23.5 Å². The van der Waals surface area contributed by atoms with Crippen molar-refractivity contribution in [3.05, 3.63) is 73.3 Å². The quantitative estimate of drug-likeness (QED) is 0.290. The van der Waals surface area contributed by atoms with Gasteiger partial charge in [-0.2, -0.15) is 0 Å². The summed E-state index contributed by atoms with van der Waals surface area (Å²) in [6.45, 7) is 7.28. The molecule has 42 heavy (non-hydrogen) atoms. The molecule has 0 saturated carbocycles. The number of H-pyrrole nitrogens is 1. The highest BCUT2D eigenvalue weighted by atomic mass is 16.5. The number of carbonyl (C=O) groups is 3. The van der Waals surface area contributed by atoms with Crippen LogP contribution in [-0.2, 0) is 14.3 Å². The van der Waals surface area contributed by atoms with Crippen molar-refractivity contribution in [3.8, 4) is 11.3 Å². The summed E-state index contributed by atoms with van der Waals surface area (Å²) in [7, 11) is 0. The van der Waals surface area contributed by atoms with E-state index in [2.05, 4.69) is 42.0 Å². The lowest BCUT2D eigenvalue weighted by Crippen LogP contribution is -2.36. The highest BCUT2D eigenvalue weighted by molar-refractivity contribution is 6.03. The summed E-state index contributed by atoms with van der Waals surface area (Å²) in [6, 6.07) is 12.7. The van der Waals surface area contributed by atoms with Gasteiger partial charge in [-0.25, -0.2) is 15.0 Å². The van der Waals surface area contributed by atoms with Crippen LogP contribution in [0.3, 0.4) is 0 Å². The highest BCUT2D eigenvalue weighted by Crippen LogP contribution is 2.30. The number of benzene rings is 1. The first-order valence-electron chi connectivity index (χ1n) is 13.7. The van der Waals surface area contributed by atoms with Crippen molar-refractivity contribution < 1.29 is 19.1 Å². The van der Waals surface area contributed by atoms with Crippen molar-refractivity contribution in [2.45, 2.75) is 6.42 Å². The lowest BCUT2D eigenvalue weighted by Gasteiger charge is -2.27. The second-order valence-electron chi connectivity index (χ2n) is 10.2. The molecule has 0 bridgehead atoms. The Labute approximate surface area is 241 Å². The number of likely N-dealkylation sites (tertiary alicyclic amines) is 1. The van der Waals surface area contributed by atoms with Crippen molar-refractivity contribution in [3.63, 3.8) is 0 Å². The van der Waals surface area contributed by atoms with Crippen LogP contribution in [0, 0.1) is 5.92 Å². The molecule has 3 aromatic heterocycles. The van der Waals surface area contributed by atoms with E-state index in [4.69, 9.17) is 4.74 Å². The second-order valence-corrected chi connectivity index (χ2v) is 10.2. The van der Waals surface area contributed by atoms with E-state index in [1.807, 2.05) is 30.3 Å². The number of nitrogens with one attached hydrogen (secondary N) is 3. The van der Waals surface area contributed by atoms with Crippen LogP contribution in [0.2, 0.25) is 0 Å². The fraction of sp³-hybridized carbons (Fsp3) is 0.267. The molecule has 12 nitrogen and oxygen atoms in total. The Morgan fingerprint density at radius 3 is 2.50 bits per heavy atom. The Morgan fingerprint density at radius 1 is 0.976 bits per heavy atom. The first kappa shape index (κ1) is 27.1. The van der Waals surface area contributed by atoms with Crippen molar-refractivity contribution in [1.82, 2.24) is 24.8 Å². The summed E-state index contributed by atoms with van der Waals surface area (Å²) in [6.07, 6.45) is 4.85. The van der Waals surface area contributed by atoms with Crippen LogP contribution in [-0.4, -0.2) is 82.0 Å². The number of aromatic amines is 1. The molecule has 12 heteroatoms. The molecule has 1 atom stereocenters. The van der Waals surface area contributed by atoms with Crippen molar-refractivity contribution in [2.75, 3.05) is 54.9 Å². The number of morpholine rings is 1. The van der Waals surface area contributed by atoms with E-state index >= 15 is 0 Å². The van der Waals surface area contributed by atoms with E-state index in [1.54, 1.807) is 23.4 Å². The molecule has 0 spiro atoms. The number of aromatic nitrogens is 4. The molecular formula is C30H30N8O4. The lowest BCUT2D eigenvalue weighted by molar-refractivity contribution is -0.125. The summed E-state index contributed by atoms with van der Waals surface area (Å²) < 4.78 is 5.47. The third-order valence-electron chi connectivity index (χ3n) is 7.48. The molecule has 1 aromatic carbocycles. The molecule has 4 aromatic rings. The summed E-state index contributed by atoms with van der Waals surface area (Å²) in [5.74, 6) is -0.150. The molecule has 3 N–H and O–H groups in total. The van der Waals surface area contributed by atoms with Crippen molar-refractivity contribution in [1.29, 1.82) is 0 Å². The molecule has 2 aliphatic heterocycles. The standard InChI is InChI=1S/C30H30N8O4/c1-2-26(39)38-10-9-20(17-38)29(40)35-22-7-8-24(31-16-22)30(41)34-21-5-3-19(4-6-21)25-15-23-27(36-25)32-18-33-28(23)37-11-13-42-14-12-37/h2-8,15-16,18,20H,1,9-14,17H2,(H,34,41)(H,35,40)(H,32,33,36)/t20-/m0/s1. The number of fused-ring (bicyclic) bond motifs is 1. The normalized spacial score (nSPS) is 16.8. The zero-order chi connectivity index (χ0) is 29.1. The largest absolute Gasteiger partial charge is 0.378 e. The third-order valence-corrected chi connectivity index (χ3v) is 7.48. The van der Waals surface area contributed by atoms with Gasteiger partial charge in [0.15, 0.2) is 0 Å². The molecule has 0 aliphatic carbocycles. The minimum Gasteiger partial charge on any atom is -0.378 e. The van der Waals surface area contributed by atoms with Crippen LogP contribution in [0.1, 0.15) is 16.9 Å². The van der Waals surface area contributed by atoms with E-state index < -0.39 is 0 Å². The zero-order valence-electron chi connectivity index (χ0n) is 22.9. The minimum atomic E-state index is -0.369.